The number of carbonyl (C=O) groups is 2. The fourth-order valence-electron chi connectivity index (χ4n) is 0. The van der Waals surface area contributed by atoms with Crippen molar-refractivity contribution in [3.8, 4) is 0 Å². The van der Waals surface area contributed by atoms with Gasteiger partial charge in [0, 0.05) is 0 Å². The second-order valence-electron chi connectivity index (χ2n) is 1.05. The first-order valence-electron chi connectivity index (χ1n) is 2.79. The van der Waals surface area contributed by atoms with Gasteiger partial charge in [0.2, 0.25) is 0 Å². The fraction of sp³-hybridized carbons (Fsp3) is 0.143. The zero-order chi connectivity index (χ0) is 10.6. The number of carbonyl (C=O) groups excluding carboxylic acids is 2. The van der Waals surface area contributed by atoms with E-state index < -0.39 is 11.9 Å². The summed E-state index contributed by atoms with van der Waals surface area (Å²) < 4.78 is 0. The third-order valence-electron chi connectivity index (χ3n) is 0.333. The van der Waals surface area contributed by atoms with Crippen LogP contribution < -0.4 is 10.2 Å². The Morgan fingerprint density at radius 3 is 1.17 bits per heavy atom. The SMILES string of the molecule is C=CC(=O)[O-].C=CC(=O)[O-].[B+2]C. The summed E-state index contributed by atoms with van der Waals surface area (Å²) in [4.78, 5) is 18.3. The third-order valence-corrected chi connectivity index (χ3v) is 0.333. The topological polar surface area (TPSA) is 80.3 Å². The van der Waals surface area contributed by atoms with Gasteiger partial charge in [-0.05, 0) is 12.2 Å². The number of hydrogen-bond acceptors (Lipinski definition) is 4. The standard InChI is InChI=1S/2C3H4O2.CH3B/c2*1-2-3(4)5;1-2/h2*2H,1H2,(H,4,5);1H3/q;;+2/p-2. The summed E-state index contributed by atoms with van der Waals surface area (Å²) in [6.45, 7) is 7.30. The molecule has 0 N–H and O–H groups in total. The van der Waals surface area contributed by atoms with Crippen molar-refractivity contribution in [3.05, 3.63) is 25.3 Å². The molecule has 0 unspecified atom stereocenters. The number of aliphatic carboxylic acids is 2. The molecule has 0 saturated carbocycles. The van der Waals surface area contributed by atoms with E-state index in [1.54, 1.807) is 0 Å². The molecule has 0 aromatic rings. The minimum absolute atomic E-state index is 0.722. The Labute approximate surface area is 72.6 Å². The fourth-order valence-corrected chi connectivity index (χ4v) is 0. The van der Waals surface area contributed by atoms with Gasteiger partial charge >= 0.3 is 14.7 Å². The molecular weight excluding hydrogens is 159 g/mol. The van der Waals surface area contributed by atoms with Crippen LogP contribution in [-0.2, 0) is 9.59 Å². The minimum atomic E-state index is -1.23. The molecule has 12 heavy (non-hydrogen) atoms. The van der Waals surface area contributed by atoms with E-state index in [1.165, 1.54) is 6.82 Å². The quantitative estimate of drug-likeness (QED) is 0.354. The molecule has 0 rings (SSSR count). The van der Waals surface area contributed by atoms with Gasteiger partial charge in [-0.15, -0.1) is 0 Å². The molecule has 0 bridgehead atoms. The zero-order valence-electron chi connectivity index (χ0n) is 6.78. The van der Waals surface area contributed by atoms with E-state index in [4.69, 9.17) is 19.8 Å². The Morgan fingerprint density at radius 2 is 1.17 bits per heavy atom. The summed E-state index contributed by atoms with van der Waals surface area (Å²) in [7, 11) is 4.50. The summed E-state index contributed by atoms with van der Waals surface area (Å²) in [5.41, 5.74) is 0. The molecule has 64 valence electrons. The third kappa shape index (κ3) is 77.0. The first kappa shape index (κ1) is 16.8. The average molecular weight is 168 g/mol. The van der Waals surface area contributed by atoms with Gasteiger partial charge in [-0.1, -0.05) is 13.2 Å². The Hall–Kier alpha value is -1.52. The second-order valence-corrected chi connectivity index (χ2v) is 1.05. The van der Waals surface area contributed by atoms with Crippen LogP contribution in [0.25, 0.3) is 0 Å². The number of carboxylic acid groups (broad SMARTS) is 2. The van der Waals surface area contributed by atoms with Gasteiger partial charge in [-0.2, -0.15) is 0 Å². The van der Waals surface area contributed by atoms with Crippen LogP contribution in [0, 0.1) is 0 Å². The predicted octanol–water partition coefficient (Wildman–Crippen LogP) is -1.95. The van der Waals surface area contributed by atoms with Crippen LogP contribution in [-0.4, -0.2) is 19.8 Å². The average Bonchev–Trinajstić information content (AvgIpc) is 2.09. The Morgan fingerprint density at radius 1 is 1.08 bits per heavy atom. The molecule has 0 aliphatic carbocycles. The van der Waals surface area contributed by atoms with Crippen LogP contribution >= 0.6 is 0 Å². The molecule has 5 heteroatoms. The van der Waals surface area contributed by atoms with E-state index in [0.717, 1.165) is 12.2 Å². The number of hydrogen-bond donors (Lipinski definition) is 0. The van der Waals surface area contributed by atoms with Crippen molar-refractivity contribution >= 4 is 19.8 Å². The monoisotopic (exact) mass is 168 g/mol. The maximum atomic E-state index is 9.14. The van der Waals surface area contributed by atoms with Gasteiger partial charge < -0.3 is 19.8 Å². The molecule has 0 heterocycles. The van der Waals surface area contributed by atoms with Gasteiger partial charge in [0.25, 0.3) is 0 Å². The Balaban J connectivity index is -0.000000112. The Bertz CT molecular complexity index is 135. The second kappa shape index (κ2) is 16.2. The molecule has 0 fully saturated rings. The van der Waals surface area contributed by atoms with Crippen LogP contribution in [0.5, 0.6) is 0 Å². The van der Waals surface area contributed by atoms with Gasteiger partial charge in [0.05, 0.1) is 11.9 Å². The summed E-state index contributed by atoms with van der Waals surface area (Å²) in [6, 6.07) is 0. The normalized spacial score (nSPS) is 5.92. The molecule has 0 aromatic carbocycles. The molecule has 0 aliphatic rings. The first-order chi connectivity index (χ1) is 5.54. The van der Waals surface area contributed by atoms with Gasteiger partial charge in [0.15, 0.2) is 0 Å². The van der Waals surface area contributed by atoms with Crippen molar-refractivity contribution in [2.24, 2.45) is 0 Å². The van der Waals surface area contributed by atoms with Crippen molar-refractivity contribution < 1.29 is 19.8 Å². The molecule has 0 saturated heterocycles. The number of carboxylic acids is 2. The van der Waals surface area contributed by atoms with Crippen molar-refractivity contribution in [1.82, 2.24) is 0 Å². The predicted molar refractivity (Wildman–Crippen MR) is 42.0 cm³/mol. The van der Waals surface area contributed by atoms with Gasteiger partial charge in [-0.25, -0.2) is 0 Å². The van der Waals surface area contributed by atoms with Crippen LogP contribution in [0.4, 0.5) is 0 Å². The van der Waals surface area contributed by atoms with Gasteiger partial charge in [-0.3, -0.25) is 0 Å². The molecule has 0 aliphatic heterocycles. The van der Waals surface area contributed by atoms with Crippen LogP contribution in [0.1, 0.15) is 0 Å². The summed E-state index contributed by atoms with van der Waals surface area (Å²) in [5, 5.41) is 18.3. The molecule has 0 aromatic heterocycles. The van der Waals surface area contributed by atoms with E-state index in [2.05, 4.69) is 21.0 Å². The van der Waals surface area contributed by atoms with Crippen molar-refractivity contribution in [2.45, 2.75) is 6.82 Å². The van der Waals surface area contributed by atoms with Crippen LogP contribution in [0.2, 0.25) is 6.82 Å². The summed E-state index contributed by atoms with van der Waals surface area (Å²) >= 11 is 0. The Kier molecular flexibility index (Phi) is 22.8. The van der Waals surface area contributed by atoms with E-state index in [0.29, 0.717) is 0 Å². The molecule has 0 atom stereocenters. The van der Waals surface area contributed by atoms with Crippen LogP contribution in [0.3, 0.4) is 0 Å². The number of rotatable bonds is 2. The maximum absolute atomic E-state index is 9.14. The van der Waals surface area contributed by atoms with Crippen molar-refractivity contribution in [1.29, 1.82) is 0 Å². The molecule has 4 nitrogen and oxygen atoms in total. The summed E-state index contributed by atoms with van der Waals surface area (Å²) in [6.07, 6.45) is 1.44. The van der Waals surface area contributed by atoms with Crippen molar-refractivity contribution in [2.75, 3.05) is 0 Å². The van der Waals surface area contributed by atoms with E-state index >= 15 is 0 Å². The van der Waals surface area contributed by atoms with Gasteiger partial charge in [0.1, 0.15) is 0 Å². The van der Waals surface area contributed by atoms with Crippen molar-refractivity contribution in [3.63, 3.8) is 0 Å². The summed E-state index contributed by atoms with van der Waals surface area (Å²) in [5.74, 6) is -2.46. The molecule has 0 amide bonds. The zero-order valence-corrected chi connectivity index (χ0v) is 6.78. The molecule has 0 radical (unpaired) electrons. The van der Waals surface area contributed by atoms with Crippen LogP contribution in [0.15, 0.2) is 25.3 Å². The van der Waals surface area contributed by atoms with E-state index in [-0.39, 0.29) is 0 Å². The van der Waals surface area contributed by atoms with E-state index in [9.17, 15) is 0 Å². The van der Waals surface area contributed by atoms with E-state index in [1.807, 2.05) is 0 Å². The molecule has 0 spiro atoms. The molecular formula is C7H9BO4. The first-order valence-corrected chi connectivity index (χ1v) is 2.79.